The summed E-state index contributed by atoms with van der Waals surface area (Å²) < 4.78 is 16.0. The fourth-order valence-corrected chi connectivity index (χ4v) is 4.69. The molecule has 2 aromatic rings. The number of anilines is 1. The molecule has 0 bridgehead atoms. The molecule has 2 unspecified atom stereocenters. The molecule has 7 heteroatoms. The van der Waals surface area contributed by atoms with Crippen LogP contribution in [0.25, 0.3) is 6.08 Å². The number of imidazole rings is 1. The zero-order chi connectivity index (χ0) is 22.2. The number of rotatable bonds is 5. The molecular formula is C25H25FN4O2. The topological polar surface area (TPSA) is 76.0 Å². The molecule has 2 N–H and O–H groups in total. The van der Waals surface area contributed by atoms with Crippen LogP contribution in [0, 0.1) is 11.7 Å². The van der Waals surface area contributed by atoms with Gasteiger partial charge in [0.2, 0.25) is 5.91 Å². The maximum absolute atomic E-state index is 14.0. The van der Waals surface area contributed by atoms with E-state index in [0.717, 1.165) is 29.9 Å². The van der Waals surface area contributed by atoms with Crippen LogP contribution >= 0.6 is 0 Å². The fraction of sp³-hybridized carbons (Fsp3) is 0.320. The molecule has 6 nitrogen and oxygen atoms in total. The van der Waals surface area contributed by atoms with Crippen molar-refractivity contribution in [1.82, 2.24) is 14.9 Å². The minimum Gasteiger partial charge on any atom is -0.327 e. The van der Waals surface area contributed by atoms with Crippen LogP contribution in [0.15, 0.2) is 53.6 Å². The van der Waals surface area contributed by atoms with Gasteiger partial charge in [-0.1, -0.05) is 30.4 Å². The monoisotopic (exact) mass is 432 g/mol. The molecule has 32 heavy (non-hydrogen) atoms. The molecule has 1 aromatic heterocycles. The molecule has 1 amide bonds. The number of Topliss-reactive ketones (excluding diaryl/α,β-unsaturated/α-hetero) is 1. The average molecular weight is 432 g/mol. The van der Waals surface area contributed by atoms with Gasteiger partial charge in [-0.25, -0.2) is 9.37 Å². The van der Waals surface area contributed by atoms with E-state index in [1.807, 2.05) is 11.6 Å². The number of hydrogen-bond donors (Lipinski definition) is 2. The summed E-state index contributed by atoms with van der Waals surface area (Å²) in [6.07, 6.45) is 10.7. The first-order valence-electron chi connectivity index (χ1n) is 11.0. The molecular weight excluding hydrogens is 407 g/mol. The van der Waals surface area contributed by atoms with Gasteiger partial charge in [-0.3, -0.25) is 9.59 Å². The first-order chi connectivity index (χ1) is 15.5. The lowest BCUT2D eigenvalue weighted by molar-refractivity contribution is -0.129. The summed E-state index contributed by atoms with van der Waals surface area (Å²) in [5, 5.41) is 5.76. The second-order valence-corrected chi connectivity index (χ2v) is 8.46. The molecule has 1 aromatic carbocycles. The van der Waals surface area contributed by atoms with E-state index in [9.17, 15) is 14.0 Å². The number of hydrogen-bond acceptors (Lipinski definition) is 4. The first kappa shape index (κ1) is 20.6. The van der Waals surface area contributed by atoms with E-state index in [2.05, 4.69) is 34.9 Å². The van der Waals surface area contributed by atoms with Crippen molar-refractivity contribution in [2.75, 3.05) is 18.9 Å². The number of nitrogens with one attached hydrogen (secondary N) is 2. The first-order valence-corrected chi connectivity index (χ1v) is 11.0. The molecule has 0 fully saturated rings. The van der Waals surface area contributed by atoms with E-state index in [1.54, 1.807) is 12.1 Å². The molecule has 5 rings (SSSR count). The molecule has 0 saturated carbocycles. The van der Waals surface area contributed by atoms with Gasteiger partial charge in [0, 0.05) is 19.4 Å². The lowest BCUT2D eigenvalue weighted by Crippen LogP contribution is -2.34. The van der Waals surface area contributed by atoms with Crippen molar-refractivity contribution >= 4 is 23.5 Å². The third-order valence-electron chi connectivity index (χ3n) is 6.36. The van der Waals surface area contributed by atoms with Gasteiger partial charge in [-0.2, -0.15) is 0 Å². The number of amides is 1. The van der Waals surface area contributed by atoms with Gasteiger partial charge in [-0.15, -0.1) is 0 Å². The summed E-state index contributed by atoms with van der Waals surface area (Å²) in [5.74, 6) is -1.47. The van der Waals surface area contributed by atoms with Crippen LogP contribution in [0.5, 0.6) is 0 Å². The van der Waals surface area contributed by atoms with E-state index in [1.165, 1.54) is 17.7 Å². The second-order valence-electron chi connectivity index (χ2n) is 8.46. The van der Waals surface area contributed by atoms with Crippen LogP contribution in [0.3, 0.4) is 0 Å². The Kier molecular flexibility index (Phi) is 5.35. The highest BCUT2D eigenvalue weighted by Crippen LogP contribution is 2.37. The highest BCUT2D eigenvalue weighted by molar-refractivity contribution is 6.11. The second kappa shape index (κ2) is 8.31. The van der Waals surface area contributed by atoms with Gasteiger partial charge in [0.05, 0.1) is 17.1 Å². The van der Waals surface area contributed by atoms with E-state index < -0.39 is 17.6 Å². The van der Waals surface area contributed by atoms with Crippen molar-refractivity contribution in [1.29, 1.82) is 0 Å². The molecule has 3 aliphatic rings. The Bertz CT molecular complexity index is 1190. The molecule has 0 radical (unpaired) electrons. The van der Waals surface area contributed by atoms with Gasteiger partial charge in [-0.05, 0) is 55.3 Å². The largest absolute Gasteiger partial charge is 0.327 e. The maximum atomic E-state index is 14.0. The van der Waals surface area contributed by atoms with Crippen LogP contribution in [-0.4, -0.2) is 34.8 Å². The lowest BCUT2D eigenvalue weighted by Gasteiger charge is -2.24. The Morgan fingerprint density at radius 1 is 1.31 bits per heavy atom. The highest BCUT2D eigenvalue weighted by Gasteiger charge is 2.38. The summed E-state index contributed by atoms with van der Waals surface area (Å²) in [6, 6.07) is 5.95. The summed E-state index contributed by atoms with van der Waals surface area (Å²) in [4.78, 5) is 30.5. The minimum atomic E-state index is -1.04. The smallest absolute Gasteiger partial charge is 0.242 e. The summed E-state index contributed by atoms with van der Waals surface area (Å²) in [6.45, 7) is 1.44. The summed E-state index contributed by atoms with van der Waals surface area (Å²) >= 11 is 0. The Balaban J connectivity index is 1.45. The van der Waals surface area contributed by atoms with Crippen LogP contribution in [0.2, 0.25) is 0 Å². The van der Waals surface area contributed by atoms with Crippen LogP contribution in [-0.2, 0) is 22.6 Å². The van der Waals surface area contributed by atoms with E-state index in [0.29, 0.717) is 24.7 Å². The number of ketones is 1. The normalized spacial score (nSPS) is 21.2. The summed E-state index contributed by atoms with van der Waals surface area (Å²) in [5.41, 5.74) is 4.30. The third kappa shape index (κ3) is 3.62. The van der Waals surface area contributed by atoms with Crippen molar-refractivity contribution in [3.05, 3.63) is 76.7 Å². The van der Waals surface area contributed by atoms with E-state index >= 15 is 0 Å². The predicted octanol–water partition coefficient (Wildman–Crippen LogP) is 3.38. The lowest BCUT2D eigenvalue weighted by atomic mass is 9.85. The molecule has 164 valence electrons. The third-order valence-corrected chi connectivity index (χ3v) is 6.36. The van der Waals surface area contributed by atoms with Gasteiger partial charge in [0.1, 0.15) is 11.6 Å². The fourth-order valence-electron chi connectivity index (χ4n) is 4.69. The molecule has 0 saturated heterocycles. The Morgan fingerprint density at radius 2 is 2.16 bits per heavy atom. The van der Waals surface area contributed by atoms with E-state index in [-0.39, 0.29) is 17.9 Å². The molecule has 2 atom stereocenters. The van der Waals surface area contributed by atoms with Gasteiger partial charge in [0.25, 0.3) is 0 Å². The molecule has 1 aliphatic heterocycles. The van der Waals surface area contributed by atoms with Gasteiger partial charge >= 0.3 is 0 Å². The highest BCUT2D eigenvalue weighted by atomic mass is 19.1. The van der Waals surface area contributed by atoms with Crippen LogP contribution < -0.4 is 10.6 Å². The van der Waals surface area contributed by atoms with Crippen molar-refractivity contribution in [3.8, 4) is 0 Å². The number of benzene rings is 1. The number of allylic oxidation sites excluding steroid dienone is 5. The zero-order valence-electron chi connectivity index (χ0n) is 17.9. The van der Waals surface area contributed by atoms with Crippen LogP contribution in [0.4, 0.5) is 10.1 Å². The Labute approximate surface area is 185 Å². The Morgan fingerprint density at radius 3 is 2.97 bits per heavy atom. The van der Waals surface area contributed by atoms with Crippen molar-refractivity contribution in [2.24, 2.45) is 5.92 Å². The number of halogens is 1. The Hall–Kier alpha value is -3.32. The standard InChI is InChI=1S/C25H25FN4O2/c1-27-10-8-15-6-7-16-14-21-20(13-17(16)12-15)28-24-23(22(31)9-11-30(21)24)25(32)29-19-5-3-2-4-18(19)26/h2-7,12,14-15,23,27H,8-11,13H2,1H3,(H,29,32). The predicted molar refractivity (Wildman–Crippen MR) is 121 cm³/mol. The van der Waals surface area contributed by atoms with Gasteiger partial charge in [0.15, 0.2) is 11.7 Å². The zero-order valence-corrected chi connectivity index (χ0v) is 17.9. The van der Waals surface area contributed by atoms with Crippen LogP contribution in [0.1, 0.15) is 36.0 Å². The number of para-hydroxylation sites is 1. The number of carbonyl (C=O) groups excluding carboxylic acids is 2. The van der Waals surface area contributed by atoms with Crippen molar-refractivity contribution < 1.29 is 14.0 Å². The summed E-state index contributed by atoms with van der Waals surface area (Å²) in [7, 11) is 1.95. The number of carbonyl (C=O) groups is 2. The maximum Gasteiger partial charge on any atom is 0.242 e. The molecule has 2 aliphatic carbocycles. The van der Waals surface area contributed by atoms with Gasteiger partial charge < -0.3 is 15.2 Å². The number of nitrogens with zero attached hydrogens (tertiary/aromatic N) is 2. The van der Waals surface area contributed by atoms with Crippen molar-refractivity contribution in [3.63, 3.8) is 0 Å². The SMILES string of the molecule is CNCCC1C=CC2=Cc3c(nc4n3CCC(=O)C4C(=O)Nc3ccccc3F)CC2=C1. The molecule has 0 spiro atoms. The number of aromatic nitrogens is 2. The quantitative estimate of drug-likeness (QED) is 0.711. The minimum absolute atomic E-state index is 0.0646. The average Bonchev–Trinajstić information content (AvgIpc) is 3.14. The van der Waals surface area contributed by atoms with Crippen molar-refractivity contribution in [2.45, 2.75) is 31.7 Å². The molecule has 2 heterocycles. The van der Waals surface area contributed by atoms with E-state index in [4.69, 9.17) is 4.98 Å². The number of fused-ring (bicyclic) bond motifs is 4.